The van der Waals surface area contributed by atoms with E-state index in [9.17, 15) is 0 Å². The summed E-state index contributed by atoms with van der Waals surface area (Å²) in [6.07, 6.45) is 0. The average Bonchev–Trinajstić information content (AvgIpc) is 3.15. The van der Waals surface area contributed by atoms with Gasteiger partial charge < -0.3 is 4.74 Å². The molecule has 0 bridgehead atoms. The number of pyridine rings is 2. The van der Waals surface area contributed by atoms with E-state index < -0.39 is 0 Å². The molecule has 6 aromatic carbocycles. The fourth-order valence-electron chi connectivity index (χ4n) is 6.74. The molecule has 2 heterocycles. The van der Waals surface area contributed by atoms with Gasteiger partial charge in [0.15, 0.2) is 0 Å². The molecular formula is C45H34N2O. The van der Waals surface area contributed by atoms with E-state index in [0.29, 0.717) is 6.61 Å². The van der Waals surface area contributed by atoms with Crippen LogP contribution in [0, 0.1) is 6.92 Å². The lowest BCUT2D eigenvalue weighted by molar-refractivity contribution is 0.341. The molecule has 0 radical (unpaired) electrons. The van der Waals surface area contributed by atoms with Crippen molar-refractivity contribution in [3.05, 3.63) is 163 Å². The van der Waals surface area contributed by atoms with Gasteiger partial charge in [0.1, 0.15) is 5.75 Å². The Balaban J connectivity index is 1.55. The maximum Gasteiger partial charge on any atom is 0.119 e. The third kappa shape index (κ3) is 5.30. The van der Waals surface area contributed by atoms with Gasteiger partial charge in [0.05, 0.1) is 29.4 Å². The Bertz CT molecular complexity index is 2390. The zero-order valence-corrected chi connectivity index (χ0v) is 27.0. The van der Waals surface area contributed by atoms with Crippen LogP contribution in [0.3, 0.4) is 0 Å². The van der Waals surface area contributed by atoms with Gasteiger partial charge in [-0.25, -0.2) is 9.97 Å². The van der Waals surface area contributed by atoms with E-state index in [2.05, 4.69) is 159 Å². The zero-order chi connectivity index (χ0) is 32.5. The number of rotatable bonds is 7. The van der Waals surface area contributed by atoms with Crippen LogP contribution < -0.4 is 4.74 Å². The van der Waals surface area contributed by atoms with Gasteiger partial charge >= 0.3 is 0 Å². The molecule has 230 valence electrons. The molecule has 0 saturated heterocycles. The molecule has 8 aromatic rings. The lowest BCUT2D eigenvalue weighted by Crippen LogP contribution is -2.01. The Labute approximate surface area is 281 Å². The van der Waals surface area contributed by atoms with E-state index >= 15 is 0 Å². The highest BCUT2D eigenvalue weighted by Gasteiger charge is 2.24. The third-order valence-corrected chi connectivity index (χ3v) is 8.89. The van der Waals surface area contributed by atoms with Gasteiger partial charge in [-0.1, -0.05) is 145 Å². The lowest BCUT2D eigenvalue weighted by Gasteiger charge is -2.20. The summed E-state index contributed by atoms with van der Waals surface area (Å²) in [6, 6.07) is 55.2. The first-order valence-electron chi connectivity index (χ1n) is 16.5. The molecule has 0 aliphatic rings. The van der Waals surface area contributed by atoms with Gasteiger partial charge in [-0.2, -0.15) is 0 Å². The van der Waals surface area contributed by atoms with Gasteiger partial charge in [-0.15, -0.1) is 0 Å². The van der Waals surface area contributed by atoms with Crippen LogP contribution in [0.5, 0.6) is 5.75 Å². The van der Waals surface area contributed by atoms with Gasteiger partial charge in [0.2, 0.25) is 0 Å². The Kier molecular flexibility index (Phi) is 7.72. The average molecular weight is 619 g/mol. The zero-order valence-electron chi connectivity index (χ0n) is 27.0. The van der Waals surface area contributed by atoms with Crippen LogP contribution in [0.15, 0.2) is 158 Å². The van der Waals surface area contributed by atoms with Crippen molar-refractivity contribution in [2.75, 3.05) is 6.61 Å². The van der Waals surface area contributed by atoms with Crippen LogP contribution in [-0.2, 0) is 0 Å². The first kappa shape index (κ1) is 29.3. The Morgan fingerprint density at radius 3 is 1.29 bits per heavy atom. The van der Waals surface area contributed by atoms with Crippen molar-refractivity contribution < 1.29 is 4.74 Å². The predicted octanol–water partition coefficient (Wildman–Crippen LogP) is 11.8. The molecule has 3 heteroatoms. The quantitative estimate of drug-likeness (QED) is 0.178. The maximum absolute atomic E-state index is 6.09. The van der Waals surface area contributed by atoms with Crippen molar-refractivity contribution in [2.45, 2.75) is 13.8 Å². The normalized spacial score (nSPS) is 11.2. The number of hydrogen-bond acceptors (Lipinski definition) is 3. The third-order valence-electron chi connectivity index (χ3n) is 8.89. The van der Waals surface area contributed by atoms with Crippen LogP contribution in [0.25, 0.3) is 77.7 Å². The number of aryl methyl sites for hydroxylation is 1. The van der Waals surface area contributed by atoms with Crippen molar-refractivity contribution in [3.8, 4) is 61.9 Å². The molecule has 0 saturated carbocycles. The van der Waals surface area contributed by atoms with Crippen molar-refractivity contribution in [3.63, 3.8) is 0 Å². The van der Waals surface area contributed by atoms with Crippen molar-refractivity contribution >= 4 is 21.5 Å². The number of hydrogen-bond donors (Lipinski definition) is 0. The first-order chi connectivity index (χ1) is 23.7. The fourth-order valence-corrected chi connectivity index (χ4v) is 6.74. The molecule has 0 unspecified atom stereocenters. The summed E-state index contributed by atoms with van der Waals surface area (Å²) in [7, 11) is 0. The van der Waals surface area contributed by atoms with Crippen LogP contribution >= 0.6 is 0 Å². The van der Waals surface area contributed by atoms with Gasteiger partial charge in [0.25, 0.3) is 0 Å². The summed E-state index contributed by atoms with van der Waals surface area (Å²) in [6.45, 7) is 4.76. The molecule has 3 nitrogen and oxygen atoms in total. The highest BCUT2D eigenvalue weighted by atomic mass is 16.5. The standard InChI is InChI=1S/C45H34N2O/c1-3-48-35-25-27-37-39(29-35)41(32-18-10-5-11-19-32)43(34-22-14-7-15-23-34)47-45(37)44-36-26-24-30(2)28-38(36)40(31-16-8-4-9-17-31)42(46-44)33-20-12-6-13-21-33/h4-29H,3H2,1-2H3. The highest BCUT2D eigenvalue weighted by Crippen LogP contribution is 2.46. The minimum Gasteiger partial charge on any atom is -0.494 e. The molecule has 0 N–H and O–H groups in total. The number of ether oxygens (including phenoxy) is 1. The van der Waals surface area contributed by atoms with Crippen LogP contribution in [0.4, 0.5) is 0 Å². The van der Waals surface area contributed by atoms with Crippen LogP contribution in [0.1, 0.15) is 12.5 Å². The second kappa shape index (κ2) is 12.6. The molecule has 48 heavy (non-hydrogen) atoms. The number of nitrogens with zero attached hydrogens (tertiary/aromatic N) is 2. The van der Waals surface area contributed by atoms with E-state index in [-0.39, 0.29) is 0 Å². The number of fused-ring (bicyclic) bond motifs is 2. The first-order valence-corrected chi connectivity index (χ1v) is 16.5. The minimum absolute atomic E-state index is 0.586. The van der Waals surface area contributed by atoms with Gasteiger partial charge in [0, 0.05) is 33.0 Å². The van der Waals surface area contributed by atoms with E-state index in [1.807, 2.05) is 13.0 Å². The second-order valence-corrected chi connectivity index (χ2v) is 12.0. The minimum atomic E-state index is 0.586. The molecule has 0 spiro atoms. The Hall–Kier alpha value is -6.06. The van der Waals surface area contributed by atoms with Crippen LogP contribution in [-0.4, -0.2) is 16.6 Å². The summed E-state index contributed by atoms with van der Waals surface area (Å²) in [5, 5.41) is 4.32. The van der Waals surface area contributed by atoms with Gasteiger partial charge in [-0.3, -0.25) is 0 Å². The summed E-state index contributed by atoms with van der Waals surface area (Å²) >= 11 is 0. The molecule has 2 aromatic heterocycles. The Morgan fingerprint density at radius 1 is 0.417 bits per heavy atom. The van der Waals surface area contributed by atoms with Crippen LogP contribution in [0.2, 0.25) is 0 Å². The molecule has 0 atom stereocenters. The summed E-state index contributed by atoms with van der Waals surface area (Å²) in [4.78, 5) is 11.2. The summed E-state index contributed by atoms with van der Waals surface area (Å²) < 4.78 is 6.09. The van der Waals surface area contributed by atoms with Crippen molar-refractivity contribution in [1.29, 1.82) is 0 Å². The van der Waals surface area contributed by atoms with Gasteiger partial charge in [-0.05, 0) is 53.9 Å². The molecule has 0 fully saturated rings. The number of aromatic nitrogens is 2. The molecule has 0 aliphatic heterocycles. The monoisotopic (exact) mass is 618 g/mol. The highest BCUT2D eigenvalue weighted by molar-refractivity contribution is 6.14. The fraction of sp³-hybridized carbons (Fsp3) is 0.0667. The van der Waals surface area contributed by atoms with Crippen molar-refractivity contribution in [2.24, 2.45) is 0 Å². The van der Waals surface area contributed by atoms with Crippen molar-refractivity contribution in [1.82, 2.24) is 9.97 Å². The number of benzene rings is 6. The smallest absolute Gasteiger partial charge is 0.119 e. The summed E-state index contributed by atoms with van der Waals surface area (Å²) in [5.74, 6) is 0.830. The van der Waals surface area contributed by atoms with E-state index in [1.165, 1.54) is 5.56 Å². The molecule has 8 rings (SSSR count). The molecule has 0 aliphatic carbocycles. The van der Waals surface area contributed by atoms with E-state index in [1.54, 1.807) is 0 Å². The predicted molar refractivity (Wildman–Crippen MR) is 200 cm³/mol. The topological polar surface area (TPSA) is 35.0 Å². The lowest BCUT2D eigenvalue weighted by atomic mass is 9.89. The van der Waals surface area contributed by atoms with E-state index in [4.69, 9.17) is 14.7 Å². The Morgan fingerprint density at radius 2 is 0.833 bits per heavy atom. The largest absolute Gasteiger partial charge is 0.494 e. The molecule has 0 amide bonds. The van der Waals surface area contributed by atoms with E-state index in [0.717, 1.165) is 83.5 Å². The summed E-state index contributed by atoms with van der Waals surface area (Å²) in [5.41, 5.74) is 11.3. The molecular weight excluding hydrogens is 585 g/mol. The second-order valence-electron chi connectivity index (χ2n) is 12.0. The maximum atomic E-state index is 6.09. The SMILES string of the molecule is CCOc1ccc2c(-c3nc(-c4ccccc4)c(-c4ccccc4)c4cc(C)ccc34)nc(-c3ccccc3)c(-c3ccccc3)c2c1.